The summed E-state index contributed by atoms with van der Waals surface area (Å²) in [4.78, 5) is 9.52. The van der Waals surface area contributed by atoms with E-state index in [1.807, 2.05) is 0 Å². The van der Waals surface area contributed by atoms with Crippen LogP contribution in [-0.4, -0.2) is 9.72 Å². The van der Waals surface area contributed by atoms with Crippen LogP contribution in [0, 0.1) is 0 Å². The van der Waals surface area contributed by atoms with Crippen molar-refractivity contribution in [3.8, 4) is 0 Å². The maximum Gasteiger partial charge on any atom is 0.408 e. The maximum atomic E-state index is 9.52. The van der Waals surface area contributed by atoms with Crippen LogP contribution in [-0.2, 0) is 4.74 Å². The quantitative estimate of drug-likeness (QED) is 0.388. The van der Waals surface area contributed by atoms with E-state index < -0.39 is 9.72 Å². The molecule has 0 unspecified atom stereocenters. The summed E-state index contributed by atoms with van der Waals surface area (Å²) in [5, 5.41) is 0. The third-order valence-corrected chi connectivity index (χ3v) is 0.265. The lowest BCUT2D eigenvalue weighted by Gasteiger charge is -1.80. The molecule has 0 saturated carbocycles. The summed E-state index contributed by atoms with van der Waals surface area (Å²) in [5.41, 5.74) is -0.856. The molecule has 0 amide bonds. The van der Waals surface area contributed by atoms with Crippen molar-refractivity contribution in [2.24, 2.45) is 0 Å². The molecule has 0 aromatic rings. The van der Waals surface area contributed by atoms with Gasteiger partial charge in [0, 0.05) is 11.6 Å². The fourth-order valence-electron chi connectivity index (χ4n) is 0.0655. The van der Waals surface area contributed by atoms with Gasteiger partial charge in [0.1, 0.15) is 0 Å². The molecule has 0 saturated heterocycles. The number of hydrogen-bond acceptors (Lipinski definition) is 2. The molecule has 0 bridgehead atoms. The zero-order valence-electron chi connectivity index (χ0n) is 4.69. The second-order valence-electron chi connectivity index (χ2n) is 0.770. The second-order valence-corrected chi connectivity index (χ2v) is 3.06. The molecule has 0 rings (SSSR count). The first-order valence-corrected chi connectivity index (χ1v) is 3.58. The van der Waals surface area contributed by atoms with Crippen LogP contribution < -0.4 is 0 Å². The van der Waals surface area contributed by atoms with E-state index in [2.05, 4.69) is 22.9 Å². The van der Waals surface area contributed by atoms with Crippen molar-refractivity contribution in [1.82, 2.24) is 0 Å². The van der Waals surface area contributed by atoms with E-state index in [4.69, 9.17) is 34.8 Å². The summed E-state index contributed by atoms with van der Waals surface area (Å²) in [6.07, 6.45) is 0.968. The topological polar surface area (TPSA) is 26.3 Å². The van der Waals surface area contributed by atoms with Crippen LogP contribution >= 0.6 is 46.4 Å². The Morgan fingerprint density at radius 3 is 1.80 bits per heavy atom. The van der Waals surface area contributed by atoms with Crippen LogP contribution in [0.4, 0.5) is 4.79 Å². The van der Waals surface area contributed by atoms with Gasteiger partial charge < -0.3 is 4.74 Å². The average Bonchev–Trinajstić information content (AvgIpc) is 1.62. The molecule has 0 aromatic heterocycles. The molecule has 0 aliphatic heterocycles. The normalized spacial score (nSPS) is 7.70. The molecule has 0 N–H and O–H groups in total. The van der Waals surface area contributed by atoms with E-state index in [1.54, 1.807) is 0 Å². The Balaban J connectivity index is 0. The molecule has 0 atom stereocenters. The fraction of sp³-hybridized carbons (Fsp3) is 0.250. The maximum absolute atomic E-state index is 9.52. The minimum Gasteiger partial charge on any atom is -0.423 e. The SMILES string of the molecule is C=COC(=O)Cl.ClC(Cl)Cl. The summed E-state index contributed by atoms with van der Waals surface area (Å²) >= 11 is 19.1. The van der Waals surface area contributed by atoms with Gasteiger partial charge in [0.15, 0.2) is 4.30 Å². The molecule has 2 nitrogen and oxygen atoms in total. The minimum absolute atomic E-state index is 0.750. The molecule has 0 aliphatic rings. The van der Waals surface area contributed by atoms with E-state index in [-0.39, 0.29) is 0 Å². The minimum atomic E-state index is -0.856. The molecule has 0 radical (unpaired) electrons. The van der Waals surface area contributed by atoms with Gasteiger partial charge in [-0.05, 0) is 0 Å². The van der Waals surface area contributed by atoms with Gasteiger partial charge in [-0.25, -0.2) is 4.79 Å². The highest BCUT2D eigenvalue weighted by Crippen LogP contribution is 2.03. The summed E-state index contributed by atoms with van der Waals surface area (Å²) in [5.74, 6) is 0. The van der Waals surface area contributed by atoms with Gasteiger partial charge in [-0.1, -0.05) is 41.4 Å². The van der Waals surface area contributed by atoms with E-state index in [1.165, 1.54) is 0 Å². The predicted octanol–water partition coefficient (Wildman–Crippen LogP) is 3.49. The zero-order valence-corrected chi connectivity index (χ0v) is 7.71. The van der Waals surface area contributed by atoms with Crippen molar-refractivity contribution < 1.29 is 9.53 Å². The summed E-state index contributed by atoms with van der Waals surface area (Å²) < 4.78 is 3.18. The van der Waals surface area contributed by atoms with Gasteiger partial charge in [0.2, 0.25) is 0 Å². The van der Waals surface area contributed by atoms with E-state index in [9.17, 15) is 4.79 Å². The van der Waals surface area contributed by atoms with Crippen molar-refractivity contribution in [2.45, 2.75) is 4.30 Å². The molecule has 10 heavy (non-hydrogen) atoms. The van der Waals surface area contributed by atoms with Crippen LogP contribution in [0.1, 0.15) is 0 Å². The van der Waals surface area contributed by atoms with Crippen LogP contribution in [0.15, 0.2) is 12.8 Å². The van der Waals surface area contributed by atoms with Gasteiger partial charge in [0.25, 0.3) is 0 Å². The van der Waals surface area contributed by atoms with Crippen molar-refractivity contribution in [1.29, 1.82) is 0 Å². The van der Waals surface area contributed by atoms with E-state index >= 15 is 0 Å². The summed E-state index contributed by atoms with van der Waals surface area (Å²) in [7, 11) is 0. The largest absolute Gasteiger partial charge is 0.423 e. The lowest BCUT2D eigenvalue weighted by Crippen LogP contribution is -1.79. The predicted molar refractivity (Wildman–Crippen MR) is 43.9 cm³/mol. The molecule has 0 heterocycles. The Morgan fingerprint density at radius 1 is 1.50 bits per heavy atom. The van der Waals surface area contributed by atoms with Gasteiger partial charge in [-0.2, -0.15) is 0 Å². The number of hydrogen-bond donors (Lipinski definition) is 0. The number of ether oxygens (including phenoxy) is 1. The van der Waals surface area contributed by atoms with E-state index in [0.717, 1.165) is 6.26 Å². The molecular weight excluding hydrogens is 222 g/mol. The Kier molecular flexibility index (Phi) is 12.2. The van der Waals surface area contributed by atoms with Crippen molar-refractivity contribution >= 4 is 51.8 Å². The standard InChI is InChI=1S/C3H3ClO2.CHCl3/c1-2-6-3(4)5;2-1(3)4/h2H,1H2;1H. The lowest BCUT2D eigenvalue weighted by molar-refractivity contribution is 0.212. The van der Waals surface area contributed by atoms with E-state index in [0.29, 0.717) is 0 Å². The lowest BCUT2D eigenvalue weighted by atomic mass is 11.1. The Hall–Kier alpha value is 0.370. The second kappa shape index (κ2) is 9.37. The van der Waals surface area contributed by atoms with Crippen LogP contribution in [0.5, 0.6) is 0 Å². The molecule has 0 aromatic carbocycles. The van der Waals surface area contributed by atoms with Crippen molar-refractivity contribution in [2.75, 3.05) is 0 Å². The average molecular weight is 226 g/mol. The van der Waals surface area contributed by atoms with Crippen molar-refractivity contribution in [3.63, 3.8) is 0 Å². The Labute approximate surface area is 78.6 Å². The van der Waals surface area contributed by atoms with Crippen LogP contribution in [0.3, 0.4) is 0 Å². The summed E-state index contributed by atoms with van der Waals surface area (Å²) in [6, 6.07) is 0. The number of rotatable bonds is 1. The number of carbonyl (C=O) groups excluding carboxylic acids is 1. The van der Waals surface area contributed by atoms with Crippen LogP contribution in [0.2, 0.25) is 0 Å². The van der Waals surface area contributed by atoms with Gasteiger partial charge in [-0.3, -0.25) is 0 Å². The number of alkyl halides is 3. The van der Waals surface area contributed by atoms with Crippen LogP contribution in [0.25, 0.3) is 0 Å². The molecule has 0 fully saturated rings. The van der Waals surface area contributed by atoms with Gasteiger partial charge in [0.05, 0.1) is 6.26 Å². The van der Waals surface area contributed by atoms with Crippen molar-refractivity contribution in [3.05, 3.63) is 12.8 Å². The third-order valence-electron chi connectivity index (χ3n) is 0.176. The highest BCUT2D eigenvalue weighted by atomic mass is 35.6. The molecule has 0 aliphatic carbocycles. The number of carbonyl (C=O) groups is 1. The fourth-order valence-corrected chi connectivity index (χ4v) is 0.129. The zero-order chi connectivity index (χ0) is 8.57. The monoisotopic (exact) mass is 224 g/mol. The number of halogens is 4. The molecule has 60 valence electrons. The Bertz CT molecular complexity index is 101. The molecule has 0 spiro atoms. The first kappa shape index (κ1) is 13.0. The first-order valence-electron chi connectivity index (χ1n) is 1.90. The smallest absolute Gasteiger partial charge is 0.408 e. The Morgan fingerprint density at radius 2 is 1.80 bits per heavy atom. The first-order chi connectivity index (χ1) is 4.50. The highest BCUT2D eigenvalue weighted by molar-refractivity contribution is 6.63. The van der Waals surface area contributed by atoms with Gasteiger partial charge in [-0.15, -0.1) is 0 Å². The summed E-state index contributed by atoms with van der Waals surface area (Å²) in [6.45, 7) is 3.07. The van der Waals surface area contributed by atoms with Gasteiger partial charge >= 0.3 is 5.43 Å². The third kappa shape index (κ3) is 40.0. The highest BCUT2D eigenvalue weighted by Gasteiger charge is 1.83. The molecule has 6 heteroatoms. The molecular formula is C4H4Cl4O2.